The number of fused-ring (bicyclic) bond motifs is 1. The zero-order chi connectivity index (χ0) is 14.1. The summed E-state index contributed by atoms with van der Waals surface area (Å²) in [6, 6.07) is 8.89. The Morgan fingerprint density at radius 1 is 1.25 bits per heavy atom. The molecule has 1 aromatic carbocycles. The molecule has 0 amide bonds. The van der Waals surface area contributed by atoms with Crippen LogP contribution in [0.2, 0.25) is 0 Å². The van der Waals surface area contributed by atoms with E-state index in [-0.39, 0.29) is 0 Å². The lowest BCUT2D eigenvalue weighted by atomic mass is 9.74. The second-order valence-corrected chi connectivity index (χ2v) is 8.78. The average molecular weight is 309 g/mol. The second kappa shape index (κ2) is 6.32. The Morgan fingerprint density at radius 2 is 2.05 bits per heavy atom. The van der Waals surface area contributed by atoms with Crippen LogP contribution in [0.15, 0.2) is 29.2 Å². The molecule has 110 valence electrons. The summed E-state index contributed by atoms with van der Waals surface area (Å²) in [6.07, 6.45) is 6.45. The lowest BCUT2D eigenvalue weighted by Crippen LogP contribution is -2.30. The average Bonchev–Trinajstić information content (AvgIpc) is 2.83. The molecule has 3 rings (SSSR count). The zero-order valence-electron chi connectivity index (χ0n) is 12.5. The molecular weight excluding hydrogens is 284 g/mol. The van der Waals surface area contributed by atoms with E-state index in [1.807, 2.05) is 0 Å². The topological polar surface area (TPSA) is 0 Å². The van der Waals surface area contributed by atoms with Gasteiger partial charge in [0.15, 0.2) is 0 Å². The molecule has 1 fully saturated rings. The molecule has 1 heterocycles. The van der Waals surface area contributed by atoms with E-state index in [0.29, 0.717) is 5.38 Å². The standard InChI is InChI=1S/C18H25ClS/c1-12(2)13-7-8-17(19)15(9-13)11-16-10-14-5-3-4-6-18(14)20-16/h3-6,12-13,15-17H,7-11H2,1-2H3. The molecule has 20 heavy (non-hydrogen) atoms. The highest BCUT2D eigenvalue weighted by atomic mass is 35.5. The molecule has 0 saturated heterocycles. The largest absolute Gasteiger partial charge is 0.123 e. The van der Waals surface area contributed by atoms with E-state index in [0.717, 1.165) is 23.0 Å². The lowest BCUT2D eigenvalue weighted by Gasteiger charge is -2.36. The van der Waals surface area contributed by atoms with Crippen molar-refractivity contribution in [3.05, 3.63) is 29.8 Å². The van der Waals surface area contributed by atoms with Gasteiger partial charge in [0.25, 0.3) is 0 Å². The summed E-state index contributed by atoms with van der Waals surface area (Å²) in [6.45, 7) is 4.74. The van der Waals surface area contributed by atoms with Crippen LogP contribution < -0.4 is 0 Å². The van der Waals surface area contributed by atoms with E-state index >= 15 is 0 Å². The third-order valence-corrected chi connectivity index (χ3v) is 7.07. The molecule has 1 saturated carbocycles. The van der Waals surface area contributed by atoms with E-state index < -0.39 is 0 Å². The van der Waals surface area contributed by atoms with Gasteiger partial charge in [-0.25, -0.2) is 0 Å². The summed E-state index contributed by atoms with van der Waals surface area (Å²) < 4.78 is 0. The molecule has 4 unspecified atom stereocenters. The predicted molar refractivity (Wildman–Crippen MR) is 89.7 cm³/mol. The van der Waals surface area contributed by atoms with E-state index in [2.05, 4.69) is 49.9 Å². The van der Waals surface area contributed by atoms with Gasteiger partial charge < -0.3 is 0 Å². The monoisotopic (exact) mass is 308 g/mol. The number of hydrogen-bond donors (Lipinski definition) is 0. The number of halogens is 1. The Labute approximate surface area is 132 Å². The number of hydrogen-bond acceptors (Lipinski definition) is 1. The molecule has 0 aromatic heterocycles. The minimum absolute atomic E-state index is 0.411. The van der Waals surface area contributed by atoms with Crippen LogP contribution in [0.3, 0.4) is 0 Å². The van der Waals surface area contributed by atoms with E-state index in [1.165, 1.54) is 37.0 Å². The van der Waals surface area contributed by atoms with E-state index in [1.54, 1.807) is 5.56 Å². The van der Waals surface area contributed by atoms with Crippen LogP contribution in [-0.4, -0.2) is 10.6 Å². The van der Waals surface area contributed by atoms with Crippen LogP contribution in [0.5, 0.6) is 0 Å². The Balaban J connectivity index is 1.60. The maximum absolute atomic E-state index is 6.63. The van der Waals surface area contributed by atoms with Gasteiger partial charge in [0.05, 0.1) is 0 Å². The Bertz CT molecular complexity index is 431. The van der Waals surface area contributed by atoms with Crippen molar-refractivity contribution in [2.24, 2.45) is 17.8 Å². The number of alkyl halides is 1. The van der Waals surface area contributed by atoms with Gasteiger partial charge in [-0.05, 0) is 61.5 Å². The first-order valence-electron chi connectivity index (χ1n) is 8.02. The van der Waals surface area contributed by atoms with Crippen molar-refractivity contribution >= 4 is 23.4 Å². The SMILES string of the molecule is CC(C)C1CCC(Cl)C(CC2Cc3ccccc3S2)C1. The third kappa shape index (κ3) is 3.20. The molecule has 0 spiro atoms. The highest BCUT2D eigenvalue weighted by molar-refractivity contribution is 8.00. The molecule has 1 aromatic rings. The Hall–Kier alpha value is -0.140. The van der Waals surface area contributed by atoms with Crippen molar-refractivity contribution in [1.29, 1.82) is 0 Å². The minimum Gasteiger partial charge on any atom is -0.123 e. The van der Waals surface area contributed by atoms with Gasteiger partial charge >= 0.3 is 0 Å². The summed E-state index contributed by atoms with van der Waals surface area (Å²) in [4.78, 5) is 1.50. The highest BCUT2D eigenvalue weighted by Crippen LogP contribution is 2.44. The number of rotatable bonds is 3. The summed E-state index contributed by atoms with van der Waals surface area (Å²) in [5.41, 5.74) is 1.55. The van der Waals surface area contributed by atoms with Crippen LogP contribution in [0.4, 0.5) is 0 Å². The molecule has 2 aliphatic rings. The smallest absolute Gasteiger partial charge is 0.0364 e. The van der Waals surface area contributed by atoms with Gasteiger partial charge in [0, 0.05) is 15.5 Å². The van der Waals surface area contributed by atoms with Crippen molar-refractivity contribution < 1.29 is 0 Å². The van der Waals surface area contributed by atoms with Crippen molar-refractivity contribution in [3.63, 3.8) is 0 Å². The number of benzene rings is 1. The van der Waals surface area contributed by atoms with Crippen molar-refractivity contribution in [1.82, 2.24) is 0 Å². The Morgan fingerprint density at radius 3 is 2.80 bits per heavy atom. The van der Waals surface area contributed by atoms with Crippen LogP contribution in [-0.2, 0) is 6.42 Å². The summed E-state index contributed by atoms with van der Waals surface area (Å²) in [5.74, 6) is 2.43. The molecule has 1 aliphatic heterocycles. The van der Waals surface area contributed by atoms with Crippen molar-refractivity contribution in [2.45, 2.75) is 61.5 Å². The van der Waals surface area contributed by atoms with E-state index in [4.69, 9.17) is 11.6 Å². The van der Waals surface area contributed by atoms with Crippen molar-refractivity contribution in [3.8, 4) is 0 Å². The zero-order valence-corrected chi connectivity index (χ0v) is 14.1. The molecule has 0 nitrogen and oxygen atoms in total. The molecule has 0 N–H and O–H groups in total. The first-order chi connectivity index (χ1) is 9.63. The summed E-state index contributed by atoms with van der Waals surface area (Å²) in [5, 5.41) is 1.17. The first kappa shape index (κ1) is 14.8. The summed E-state index contributed by atoms with van der Waals surface area (Å²) >= 11 is 8.72. The molecule has 1 aliphatic carbocycles. The highest BCUT2D eigenvalue weighted by Gasteiger charge is 2.33. The van der Waals surface area contributed by atoms with E-state index in [9.17, 15) is 0 Å². The quantitative estimate of drug-likeness (QED) is 0.638. The molecule has 0 bridgehead atoms. The van der Waals surface area contributed by atoms with Gasteiger partial charge in [0.1, 0.15) is 0 Å². The normalized spacial score (nSPS) is 33.4. The number of thioether (sulfide) groups is 1. The molecule has 2 heteroatoms. The minimum atomic E-state index is 0.411. The fraction of sp³-hybridized carbons (Fsp3) is 0.667. The second-order valence-electron chi connectivity index (χ2n) is 6.88. The van der Waals surface area contributed by atoms with Crippen LogP contribution in [0.25, 0.3) is 0 Å². The maximum atomic E-state index is 6.63. The van der Waals surface area contributed by atoms with Crippen molar-refractivity contribution in [2.75, 3.05) is 0 Å². The first-order valence-corrected chi connectivity index (χ1v) is 9.33. The predicted octanol–water partition coefficient (Wildman–Crippen LogP) is 5.77. The summed E-state index contributed by atoms with van der Waals surface area (Å²) in [7, 11) is 0. The fourth-order valence-corrected chi connectivity index (χ4v) is 5.59. The maximum Gasteiger partial charge on any atom is 0.0364 e. The molecule has 4 atom stereocenters. The Kier molecular flexibility index (Phi) is 4.67. The van der Waals surface area contributed by atoms with Crippen LogP contribution in [0, 0.1) is 17.8 Å². The molecule has 0 radical (unpaired) electrons. The van der Waals surface area contributed by atoms with Gasteiger partial charge in [-0.1, -0.05) is 32.0 Å². The van der Waals surface area contributed by atoms with Crippen LogP contribution in [0.1, 0.15) is 45.1 Å². The molecular formula is C18H25ClS. The van der Waals surface area contributed by atoms with Gasteiger partial charge in [-0.2, -0.15) is 0 Å². The fourth-order valence-electron chi connectivity index (χ4n) is 3.84. The van der Waals surface area contributed by atoms with Gasteiger partial charge in [-0.3, -0.25) is 0 Å². The third-order valence-electron chi connectivity index (χ3n) is 5.15. The lowest BCUT2D eigenvalue weighted by molar-refractivity contribution is 0.210. The van der Waals surface area contributed by atoms with Gasteiger partial charge in [0.2, 0.25) is 0 Å². The van der Waals surface area contributed by atoms with Gasteiger partial charge in [-0.15, -0.1) is 23.4 Å². The van der Waals surface area contributed by atoms with Crippen LogP contribution >= 0.6 is 23.4 Å².